The van der Waals surface area contributed by atoms with Crippen LogP contribution in [0.3, 0.4) is 0 Å². The Bertz CT molecular complexity index is 618. The van der Waals surface area contributed by atoms with Gasteiger partial charge in [0.15, 0.2) is 0 Å². The molecule has 0 aromatic heterocycles. The summed E-state index contributed by atoms with van der Waals surface area (Å²) >= 11 is 7.01. The third-order valence-electron chi connectivity index (χ3n) is 2.61. The van der Waals surface area contributed by atoms with Gasteiger partial charge in [-0.05, 0) is 34.1 Å². The van der Waals surface area contributed by atoms with Crippen LogP contribution in [0.1, 0.15) is 11.1 Å². The number of fused-ring (bicyclic) bond motifs is 2. The summed E-state index contributed by atoms with van der Waals surface area (Å²) in [7, 11) is 0. The molecule has 0 spiro atoms. The molecule has 1 nitrogen and oxygen atoms in total. The maximum Gasteiger partial charge on any atom is 0.148 e. The van der Waals surface area contributed by atoms with E-state index >= 15 is 0 Å². The van der Waals surface area contributed by atoms with E-state index in [0.717, 1.165) is 31.6 Å². The van der Waals surface area contributed by atoms with E-state index in [0.29, 0.717) is 0 Å². The average Bonchev–Trinajstić information content (AvgIpc) is 2.49. The first kappa shape index (κ1) is 11.1. The first-order valence-corrected chi connectivity index (χ1v) is 6.76. The first-order valence-electron chi connectivity index (χ1n) is 5.18. The quantitative estimate of drug-likeness (QED) is 0.520. The molecule has 3 heteroatoms. The summed E-state index contributed by atoms with van der Waals surface area (Å²) in [6.45, 7) is 0. The zero-order valence-electron chi connectivity index (χ0n) is 8.78. The highest BCUT2D eigenvalue weighted by Gasteiger charge is 2.13. The molecular formula is C14H8Br2O. The van der Waals surface area contributed by atoms with E-state index in [9.17, 15) is 0 Å². The summed E-state index contributed by atoms with van der Waals surface area (Å²) in [5, 5.41) is 0. The standard InChI is InChI=1S/C14H8Br2O/c15-11-7-10-6-5-9-3-1-2-4-13(9)17-14(10)12(16)8-11/h1-8H. The molecule has 3 rings (SSSR count). The number of hydrogen-bond acceptors (Lipinski definition) is 1. The minimum absolute atomic E-state index is 0.856. The second-order valence-electron chi connectivity index (χ2n) is 3.78. The van der Waals surface area contributed by atoms with Crippen molar-refractivity contribution in [2.24, 2.45) is 0 Å². The Morgan fingerprint density at radius 2 is 1.65 bits per heavy atom. The topological polar surface area (TPSA) is 9.23 Å². The normalized spacial score (nSPS) is 12.4. The summed E-state index contributed by atoms with van der Waals surface area (Å²) in [4.78, 5) is 0. The number of halogens is 2. The van der Waals surface area contributed by atoms with Gasteiger partial charge in [-0.25, -0.2) is 0 Å². The lowest BCUT2D eigenvalue weighted by molar-refractivity contribution is 0.478. The fraction of sp³-hybridized carbons (Fsp3) is 0. The number of rotatable bonds is 0. The lowest BCUT2D eigenvalue weighted by atomic mass is 10.1. The summed E-state index contributed by atoms with van der Waals surface area (Å²) in [5.74, 6) is 1.74. The van der Waals surface area contributed by atoms with Crippen LogP contribution in [0.5, 0.6) is 11.5 Å². The SMILES string of the molecule is Brc1cc(Br)c2c(c1)C=Cc1ccccc1O2. The Morgan fingerprint density at radius 1 is 0.882 bits per heavy atom. The fourth-order valence-electron chi connectivity index (χ4n) is 1.81. The van der Waals surface area contributed by atoms with Gasteiger partial charge in [0.2, 0.25) is 0 Å². The number of hydrogen-bond donors (Lipinski definition) is 0. The van der Waals surface area contributed by atoms with Crippen molar-refractivity contribution in [2.45, 2.75) is 0 Å². The van der Waals surface area contributed by atoms with Crippen molar-refractivity contribution in [3.8, 4) is 11.5 Å². The van der Waals surface area contributed by atoms with E-state index in [4.69, 9.17) is 4.74 Å². The molecular weight excluding hydrogens is 344 g/mol. The van der Waals surface area contributed by atoms with E-state index in [1.54, 1.807) is 0 Å². The van der Waals surface area contributed by atoms with Crippen LogP contribution in [0, 0.1) is 0 Å². The molecule has 0 aliphatic carbocycles. The Hall–Kier alpha value is -1.06. The predicted molar refractivity (Wildman–Crippen MR) is 77.3 cm³/mol. The average molecular weight is 352 g/mol. The summed E-state index contributed by atoms with van der Waals surface area (Å²) < 4.78 is 7.94. The van der Waals surface area contributed by atoms with Gasteiger partial charge in [0.1, 0.15) is 11.5 Å². The van der Waals surface area contributed by atoms with Crippen LogP contribution in [-0.4, -0.2) is 0 Å². The second kappa shape index (κ2) is 4.31. The molecule has 0 N–H and O–H groups in total. The Kier molecular flexibility index (Phi) is 2.81. The van der Waals surface area contributed by atoms with Crippen LogP contribution in [0.4, 0.5) is 0 Å². The minimum atomic E-state index is 0.856. The highest BCUT2D eigenvalue weighted by atomic mass is 79.9. The van der Waals surface area contributed by atoms with Gasteiger partial charge in [-0.1, -0.05) is 46.3 Å². The first-order chi connectivity index (χ1) is 8.24. The molecule has 0 saturated carbocycles. The minimum Gasteiger partial charge on any atom is -0.455 e. The van der Waals surface area contributed by atoms with Crippen molar-refractivity contribution >= 4 is 44.0 Å². The lowest BCUT2D eigenvalue weighted by Crippen LogP contribution is -1.89. The van der Waals surface area contributed by atoms with Crippen LogP contribution in [0.15, 0.2) is 45.3 Å². The van der Waals surface area contributed by atoms with Crippen LogP contribution in [0.25, 0.3) is 12.2 Å². The van der Waals surface area contributed by atoms with Gasteiger partial charge in [-0.3, -0.25) is 0 Å². The molecule has 1 aliphatic rings. The largest absolute Gasteiger partial charge is 0.455 e. The third kappa shape index (κ3) is 2.05. The maximum atomic E-state index is 5.96. The smallest absolute Gasteiger partial charge is 0.148 e. The zero-order valence-corrected chi connectivity index (χ0v) is 12.0. The van der Waals surface area contributed by atoms with Crippen molar-refractivity contribution in [3.63, 3.8) is 0 Å². The highest BCUT2D eigenvalue weighted by Crippen LogP contribution is 2.40. The van der Waals surface area contributed by atoms with Crippen LogP contribution >= 0.6 is 31.9 Å². The van der Waals surface area contributed by atoms with Crippen molar-refractivity contribution < 1.29 is 4.74 Å². The van der Waals surface area contributed by atoms with Crippen LogP contribution in [-0.2, 0) is 0 Å². The highest BCUT2D eigenvalue weighted by molar-refractivity contribution is 9.11. The molecule has 0 unspecified atom stereocenters. The maximum absolute atomic E-state index is 5.96. The van der Waals surface area contributed by atoms with Gasteiger partial charge in [0, 0.05) is 15.6 Å². The fourth-order valence-corrected chi connectivity index (χ4v) is 3.15. The van der Waals surface area contributed by atoms with Gasteiger partial charge < -0.3 is 4.74 Å². The summed E-state index contributed by atoms with van der Waals surface area (Å²) in [6.07, 6.45) is 4.14. The number of ether oxygens (including phenoxy) is 1. The lowest BCUT2D eigenvalue weighted by Gasteiger charge is -2.10. The van der Waals surface area contributed by atoms with Gasteiger partial charge in [-0.15, -0.1) is 0 Å². The van der Waals surface area contributed by atoms with Gasteiger partial charge >= 0.3 is 0 Å². The zero-order chi connectivity index (χ0) is 11.8. The third-order valence-corrected chi connectivity index (χ3v) is 3.66. The van der Waals surface area contributed by atoms with Crippen molar-refractivity contribution in [2.75, 3.05) is 0 Å². The molecule has 1 aliphatic heterocycles. The van der Waals surface area contributed by atoms with Crippen LogP contribution in [0.2, 0.25) is 0 Å². The van der Waals surface area contributed by atoms with Crippen molar-refractivity contribution in [1.82, 2.24) is 0 Å². The molecule has 0 saturated heterocycles. The van der Waals surface area contributed by atoms with E-state index in [1.165, 1.54) is 0 Å². The van der Waals surface area contributed by atoms with Crippen molar-refractivity contribution in [1.29, 1.82) is 0 Å². The molecule has 0 bridgehead atoms. The molecule has 0 fully saturated rings. The molecule has 84 valence electrons. The Labute approximate surface area is 116 Å². The second-order valence-corrected chi connectivity index (χ2v) is 5.55. The molecule has 0 atom stereocenters. The van der Waals surface area contributed by atoms with Crippen molar-refractivity contribution in [3.05, 3.63) is 56.5 Å². The summed E-state index contributed by atoms with van der Waals surface area (Å²) in [5.41, 5.74) is 2.15. The Morgan fingerprint density at radius 3 is 2.53 bits per heavy atom. The van der Waals surface area contributed by atoms with E-state index < -0.39 is 0 Å². The van der Waals surface area contributed by atoms with Crippen LogP contribution < -0.4 is 4.74 Å². The van der Waals surface area contributed by atoms with Gasteiger partial charge in [0.25, 0.3) is 0 Å². The van der Waals surface area contributed by atoms with E-state index in [1.807, 2.05) is 36.4 Å². The molecule has 0 radical (unpaired) electrons. The molecule has 2 aromatic rings. The monoisotopic (exact) mass is 350 g/mol. The number of para-hydroxylation sites is 1. The van der Waals surface area contributed by atoms with E-state index in [-0.39, 0.29) is 0 Å². The Balaban J connectivity index is 2.22. The van der Waals surface area contributed by atoms with Gasteiger partial charge in [-0.2, -0.15) is 0 Å². The number of benzene rings is 2. The molecule has 17 heavy (non-hydrogen) atoms. The molecule has 2 aromatic carbocycles. The van der Waals surface area contributed by atoms with E-state index in [2.05, 4.69) is 44.0 Å². The van der Waals surface area contributed by atoms with Gasteiger partial charge in [0.05, 0.1) is 4.47 Å². The predicted octanol–water partition coefficient (Wildman–Crippen LogP) is 5.49. The molecule has 0 amide bonds. The summed E-state index contributed by atoms with van der Waals surface area (Å²) in [6, 6.07) is 12.0. The molecule has 1 heterocycles.